The van der Waals surface area contributed by atoms with Gasteiger partial charge in [-0.2, -0.15) is 13.2 Å². The number of hydrogen-bond donors (Lipinski definition) is 1. The lowest BCUT2D eigenvalue weighted by molar-refractivity contribution is -0.173. The van der Waals surface area contributed by atoms with Crippen molar-refractivity contribution in [3.8, 4) is 0 Å². The van der Waals surface area contributed by atoms with Gasteiger partial charge in [0, 0.05) is 6.54 Å². The largest absolute Gasteiger partial charge is 0.471 e. The molecule has 1 rings (SSSR count). The SMILES string of the molecule is C=C(CC(C)(C)CCCNC(=O)C(F)(F)F)C1CCCCC1. The summed E-state index contributed by atoms with van der Waals surface area (Å²) in [7, 11) is 0. The number of halogens is 3. The quantitative estimate of drug-likeness (QED) is 0.519. The van der Waals surface area contributed by atoms with Gasteiger partial charge in [-0.1, -0.05) is 45.3 Å². The van der Waals surface area contributed by atoms with E-state index < -0.39 is 12.1 Å². The molecule has 1 amide bonds. The van der Waals surface area contributed by atoms with Crippen molar-refractivity contribution in [1.82, 2.24) is 5.32 Å². The monoisotopic (exact) mass is 319 g/mol. The minimum absolute atomic E-state index is 0.0114. The van der Waals surface area contributed by atoms with E-state index in [9.17, 15) is 18.0 Å². The zero-order valence-electron chi connectivity index (χ0n) is 13.7. The molecule has 1 aliphatic carbocycles. The fraction of sp³-hybridized carbons (Fsp3) is 0.824. The second kappa shape index (κ2) is 8.02. The van der Waals surface area contributed by atoms with E-state index in [1.807, 2.05) is 5.32 Å². The summed E-state index contributed by atoms with van der Waals surface area (Å²) in [6.07, 6.45) is 3.74. The fourth-order valence-corrected chi connectivity index (χ4v) is 3.23. The molecule has 0 atom stereocenters. The maximum Gasteiger partial charge on any atom is 0.471 e. The molecule has 0 bridgehead atoms. The standard InChI is InChI=1S/C17H28F3NO/c1-13(14-8-5-4-6-9-14)12-16(2,3)10-7-11-21-15(22)17(18,19)20/h14H,1,4-12H2,2-3H3,(H,21,22). The highest BCUT2D eigenvalue weighted by atomic mass is 19.4. The van der Waals surface area contributed by atoms with Crippen molar-refractivity contribution in [3.63, 3.8) is 0 Å². The molecule has 5 heteroatoms. The lowest BCUT2D eigenvalue weighted by Crippen LogP contribution is -2.37. The Balaban J connectivity index is 2.28. The van der Waals surface area contributed by atoms with Crippen LogP contribution in [0.5, 0.6) is 0 Å². The Kier molecular flexibility index (Phi) is 6.95. The maximum atomic E-state index is 12.1. The Morgan fingerprint density at radius 3 is 2.32 bits per heavy atom. The van der Waals surface area contributed by atoms with Crippen molar-refractivity contribution in [2.75, 3.05) is 6.54 Å². The molecule has 22 heavy (non-hydrogen) atoms. The Bertz CT molecular complexity index is 382. The molecule has 1 N–H and O–H groups in total. The summed E-state index contributed by atoms with van der Waals surface area (Å²) < 4.78 is 36.2. The third kappa shape index (κ3) is 6.84. The van der Waals surface area contributed by atoms with Crippen molar-refractivity contribution in [2.45, 2.75) is 71.4 Å². The molecule has 0 aromatic rings. The summed E-state index contributed by atoms with van der Waals surface area (Å²) in [6, 6.07) is 0. The van der Waals surface area contributed by atoms with Gasteiger partial charge in [0.05, 0.1) is 0 Å². The van der Waals surface area contributed by atoms with Crippen LogP contribution >= 0.6 is 0 Å². The summed E-state index contributed by atoms with van der Waals surface area (Å²) in [6.45, 7) is 8.54. The molecule has 1 saturated carbocycles. The van der Waals surface area contributed by atoms with E-state index in [1.54, 1.807) is 0 Å². The molecule has 0 heterocycles. The molecule has 1 aliphatic rings. The first-order chi connectivity index (χ1) is 10.1. The second-order valence-electron chi connectivity index (χ2n) is 7.19. The topological polar surface area (TPSA) is 29.1 Å². The van der Waals surface area contributed by atoms with E-state index in [-0.39, 0.29) is 12.0 Å². The molecule has 2 nitrogen and oxygen atoms in total. The van der Waals surface area contributed by atoms with Gasteiger partial charge in [-0.15, -0.1) is 0 Å². The van der Waals surface area contributed by atoms with E-state index in [0.29, 0.717) is 12.3 Å². The first kappa shape index (κ1) is 19.0. The van der Waals surface area contributed by atoms with Gasteiger partial charge in [0.15, 0.2) is 0 Å². The highest BCUT2D eigenvalue weighted by Crippen LogP contribution is 2.37. The van der Waals surface area contributed by atoms with E-state index in [0.717, 1.165) is 12.8 Å². The van der Waals surface area contributed by atoms with Crippen LogP contribution in [0.4, 0.5) is 13.2 Å². The zero-order valence-corrected chi connectivity index (χ0v) is 13.7. The van der Waals surface area contributed by atoms with Crippen LogP contribution in [0.1, 0.15) is 65.2 Å². The minimum Gasteiger partial charge on any atom is -0.348 e. The Morgan fingerprint density at radius 2 is 1.77 bits per heavy atom. The van der Waals surface area contributed by atoms with Gasteiger partial charge in [-0.25, -0.2) is 0 Å². The number of nitrogens with one attached hydrogen (secondary N) is 1. The second-order valence-corrected chi connectivity index (χ2v) is 7.19. The first-order valence-electron chi connectivity index (χ1n) is 8.14. The molecule has 0 saturated heterocycles. The number of alkyl halides is 3. The fourth-order valence-electron chi connectivity index (χ4n) is 3.23. The summed E-state index contributed by atoms with van der Waals surface area (Å²) in [5.41, 5.74) is 1.29. The van der Waals surface area contributed by atoms with Gasteiger partial charge < -0.3 is 5.32 Å². The molecule has 0 spiro atoms. The third-order valence-corrected chi connectivity index (χ3v) is 4.46. The summed E-state index contributed by atoms with van der Waals surface area (Å²) >= 11 is 0. The van der Waals surface area contributed by atoms with E-state index in [4.69, 9.17) is 0 Å². The van der Waals surface area contributed by atoms with Gasteiger partial charge in [0.2, 0.25) is 0 Å². The highest BCUT2D eigenvalue weighted by Gasteiger charge is 2.38. The third-order valence-electron chi connectivity index (χ3n) is 4.46. The van der Waals surface area contributed by atoms with Crippen molar-refractivity contribution < 1.29 is 18.0 Å². The average molecular weight is 319 g/mol. The Hall–Kier alpha value is -1.00. The lowest BCUT2D eigenvalue weighted by Gasteiger charge is -2.31. The first-order valence-corrected chi connectivity index (χ1v) is 8.14. The normalized spacial score (nSPS) is 17.3. The highest BCUT2D eigenvalue weighted by molar-refractivity contribution is 5.81. The molecule has 128 valence electrons. The van der Waals surface area contributed by atoms with E-state index in [2.05, 4.69) is 20.4 Å². The summed E-state index contributed by atoms with van der Waals surface area (Å²) in [4.78, 5) is 10.7. The number of allylic oxidation sites excluding steroid dienone is 1. The van der Waals surface area contributed by atoms with Gasteiger partial charge >= 0.3 is 12.1 Å². The number of carbonyl (C=O) groups excluding carboxylic acids is 1. The molecule has 0 radical (unpaired) electrons. The van der Waals surface area contributed by atoms with Gasteiger partial charge in [-0.3, -0.25) is 4.79 Å². The Labute approximate surface area is 131 Å². The van der Waals surface area contributed by atoms with E-state index in [1.165, 1.54) is 37.7 Å². The van der Waals surface area contributed by atoms with Crippen molar-refractivity contribution in [1.29, 1.82) is 0 Å². The summed E-state index contributed by atoms with van der Waals surface area (Å²) in [5, 5.41) is 1.93. The molecular weight excluding hydrogens is 291 g/mol. The van der Waals surface area contributed by atoms with Crippen LogP contribution in [-0.2, 0) is 4.79 Å². The van der Waals surface area contributed by atoms with E-state index >= 15 is 0 Å². The zero-order chi connectivity index (χ0) is 16.8. The number of rotatable bonds is 7. The van der Waals surface area contributed by atoms with Crippen molar-refractivity contribution >= 4 is 5.91 Å². The van der Waals surface area contributed by atoms with Crippen molar-refractivity contribution in [3.05, 3.63) is 12.2 Å². The van der Waals surface area contributed by atoms with Crippen LogP contribution in [-0.4, -0.2) is 18.6 Å². The van der Waals surface area contributed by atoms with Crippen LogP contribution in [0.25, 0.3) is 0 Å². The smallest absolute Gasteiger partial charge is 0.348 e. The predicted octanol–water partition coefficient (Wildman–Crippen LogP) is 5.00. The summed E-state index contributed by atoms with van der Waals surface area (Å²) in [5.74, 6) is -1.24. The number of carbonyl (C=O) groups is 1. The van der Waals surface area contributed by atoms with Crippen LogP contribution in [0, 0.1) is 11.3 Å². The molecule has 0 aliphatic heterocycles. The average Bonchev–Trinajstić information content (AvgIpc) is 2.42. The molecular formula is C17H28F3NO. The lowest BCUT2D eigenvalue weighted by atomic mass is 9.75. The number of amides is 1. The number of hydrogen-bond acceptors (Lipinski definition) is 1. The van der Waals surface area contributed by atoms with Crippen LogP contribution < -0.4 is 5.32 Å². The van der Waals surface area contributed by atoms with Crippen LogP contribution in [0.15, 0.2) is 12.2 Å². The molecule has 0 unspecified atom stereocenters. The van der Waals surface area contributed by atoms with Gasteiger partial charge in [0.25, 0.3) is 0 Å². The van der Waals surface area contributed by atoms with Gasteiger partial charge in [-0.05, 0) is 43.4 Å². The predicted molar refractivity (Wildman–Crippen MR) is 82.4 cm³/mol. The minimum atomic E-state index is -4.79. The van der Waals surface area contributed by atoms with Gasteiger partial charge in [0.1, 0.15) is 0 Å². The van der Waals surface area contributed by atoms with Crippen LogP contribution in [0.3, 0.4) is 0 Å². The molecule has 0 aromatic heterocycles. The van der Waals surface area contributed by atoms with Crippen molar-refractivity contribution in [2.24, 2.45) is 11.3 Å². The maximum absolute atomic E-state index is 12.1. The Morgan fingerprint density at radius 1 is 1.18 bits per heavy atom. The van der Waals surface area contributed by atoms with Crippen LogP contribution in [0.2, 0.25) is 0 Å². The molecule has 1 fully saturated rings. The molecule has 0 aromatic carbocycles.